The maximum absolute atomic E-state index is 14.1. The van der Waals surface area contributed by atoms with E-state index in [1.54, 1.807) is 38.1 Å². The summed E-state index contributed by atoms with van der Waals surface area (Å²) >= 11 is 5.99. The minimum atomic E-state index is -4.20. The molecule has 0 spiro atoms. The molecule has 0 bridgehead atoms. The van der Waals surface area contributed by atoms with Gasteiger partial charge in [-0.25, -0.2) is 12.8 Å². The molecule has 0 radical (unpaired) electrons. The summed E-state index contributed by atoms with van der Waals surface area (Å²) in [7, 11) is -4.20. The van der Waals surface area contributed by atoms with Crippen LogP contribution in [0.15, 0.2) is 77.7 Å². The molecule has 1 atom stereocenters. The molecule has 10 heteroatoms. The second-order valence-electron chi connectivity index (χ2n) is 10.6. The van der Waals surface area contributed by atoms with Gasteiger partial charge in [-0.15, -0.1) is 0 Å². The number of anilines is 1. The molecule has 3 aromatic rings. The van der Waals surface area contributed by atoms with Gasteiger partial charge < -0.3 is 10.2 Å². The Morgan fingerprint density at radius 2 is 1.57 bits per heavy atom. The molecule has 0 aliphatic rings. The number of nitrogens with one attached hydrogen (secondary N) is 1. The van der Waals surface area contributed by atoms with E-state index in [0.717, 1.165) is 4.31 Å². The highest BCUT2D eigenvalue weighted by molar-refractivity contribution is 7.92. The van der Waals surface area contributed by atoms with Crippen molar-refractivity contribution in [1.82, 2.24) is 10.2 Å². The summed E-state index contributed by atoms with van der Waals surface area (Å²) in [6, 6.07) is 17.3. The highest BCUT2D eigenvalue weighted by Crippen LogP contribution is 2.28. The predicted molar refractivity (Wildman–Crippen MR) is 156 cm³/mol. The first-order valence-electron chi connectivity index (χ1n) is 12.9. The molecule has 1 unspecified atom stereocenters. The number of sulfonamides is 1. The third kappa shape index (κ3) is 7.82. The van der Waals surface area contributed by atoms with Crippen LogP contribution in [0.1, 0.15) is 45.2 Å². The number of nitrogens with zero attached hydrogens (tertiary/aromatic N) is 2. The van der Waals surface area contributed by atoms with Crippen LogP contribution in [0.5, 0.6) is 0 Å². The third-order valence-electron chi connectivity index (χ3n) is 6.21. The van der Waals surface area contributed by atoms with Crippen LogP contribution >= 0.6 is 11.6 Å². The van der Waals surface area contributed by atoms with Crippen LogP contribution in [-0.2, 0) is 26.2 Å². The number of carbonyl (C=O) groups is 2. The van der Waals surface area contributed by atoms with E-state index < -0.39 is 39.9 Å². The SMILES string of the molecule is CCC(C(=O)NC(C)(C)C)N(Cc1ccc(F)cc1)C(=O)CN(c1ccccc1C)S(=O)(=O)c1ccc(Cl)cc1. The van der Waals surface area contributed by atoms with Crippen molar-refractivity contribution in [1.29, 1.82) is 0 Å². The number of amides is 2. The molecule has 0 heterocycles. The van der Waals surface area contributed by atoms with Crippen molar-refractivity contribution in [3.8, 4) is 0 Å². The Morgan fingerprint density at radius 1 is 0.975 bits per heavy atom. The molecule has 7 nitrogen and oxygen atoms in total. The lowest BCUT2D eigenvalue weighted by molar-refractivity contribution is -0.141. The molecule has 1 N–H and O–H groups in total. The summed E-state index contributed by atoms with van der Waals surface area (Å²) in [4.78, 5) is 28.7. The van der Waals surface area contributed by atoms with Crippen molar-refractivity contribution < 1.29 is 22.4 Å². The summed E-state index contributed by atoms with van der Waals surface area (Å²) < 4.78 is 42.5. The van der Waals surface area contributed by atoms with Gasteiger partial charge in [-0.1, -0.05) is 48.9 Å². The van der Waals surface area contributed by atoms with Crippen molar-refractivity contribution in [2.75, 3.05) is 10.8 Å². The number of halogens is 2. The molecule has 40 heavy (non-hydrogen) atoms. The van der Waals surface area contributed by atoms with Crippen molar-refractivity contribution in [3.05, 3.63) is 94.8 Å². The van der Waals surface area contributed by atoms with Crippen LogP contribution < -0.4 is 9.62 Å². The number of hydrogen-bond acceptors (Lipinski definition) is 4. The third-order valence-corrected chi connectivity index (χ3v) is 8.24. The molecule has 2 amide bonds. The normalized spacial score (nSPS) is 12.5. The van der Waals surface area contributed by atoms with Gasteiger partial charge in [0.05, 0.1) is 10.6 Å². The highest BCUT2D eigenvalue weighted by Gasteiger charge is 2.35. The van der Waals surface area contributed by atoms with Crippen LogP contribution in [0, 0.1) is 12.7 Å². The molecular formula is C30H35ClFN3O4S. The summed E-state index contributed by atoms with van der Waals surface area (Å²) in [5.41, 5.74) is 1.02. The van der Waals surface area contributed by atoms with Gasteiger partial charge in [0.2, 0.25) is 11.8 Å². The average molecular weight is 588 g/mol. The van der Waals surface area contributed by atoms with Gasteiger partial charge in [0.15, 0.2) is 0 Å². The zero-order valence-corrected chi connectivity index (χ0v) is 24.9. The number of hydrogen-bond donors (Lipinski definition) is 1. The molecule has 214 valence electrons. The lowest BCUT2D eigenvalue weighted by Gasteiger charge is -2.35. The van der Waals surface area contributed by atoms with Crippen LogP contribution in [0.3, 0.4) is 0 Å². The summed E-state index contributed by atoms with van der Waals surface area (Å²) in [6.45, 7) is 8.47. The topological polar surface area (TPSA) is 86.8 Å². The number of rotatable bonds is 10. The minimum absolute atomic E-state index is 0.0161. The Morgan fingerprint density at radius 3 is 2.12 bits per heavy atom. The van der Waals surface area contributed by atoms with Crippen LogP contribution in [0.25, 0.3) is 0 Å². The van der Waals surface area contributed by atoms with Crippen LogP contribution in [0.2, 0.25) is 5.02 Å². The first-order valence-corrected chi connectivity index (χ1v) is 14.7. The van der Waals surface area contributed by atoms with E-state index in [4.69, 9.17) is 11.6 Å². The van der Waals surface area contributed by atoms with E-state index in [2.05, 4.69) is 5.32 Å². The maximum atomic E-state index is 14.1. The monoisotopic (exact) mass is 587 g/mol. The van der Waals surface area contributed by atoms with Gasteiger partial charge in [0.25, 0.3) is 10.0 Å². The zero-order valence-electron chi connectivity index (χ0n) is 23.3. The number of benzene rings is 3. The molecule has 3 rings (SSSR count). The lowest BCUT2D eigenvalue weighted by Crippen LogP contribution is -2.55. The van der Waals surface area contributed by atoms with E-state index in [-0.39, 0.29) is 23.8 Å². The Balaban J connectivity index is 2.08. The van der Waals surface area contributed by atoms with E-state index in [0.29, 0.717) is 21.8 Å². The Kier molecular flexibility index (Phi) is 9.97. The van der Waals surface area contributed by atoms with Gasteiger partial charge in [-0.3, -0.25) is 13.9 Å². The largest absolute Gasteiger partial charge is 0.350 e. The van der Waals surface area contributed by atoms with E-state index in [9.17, 15) is 22.4 Å². The van der Waals surface area contributed by atoms with Crippen molar-refractivity contribution in [2.45, 2.75) is 64.1 Å². The van der Waals surface area contributed by atoms with Gasteiger partial charge in [0, 0.05) is 17.1 Å². The van der Waals surface area contributed by atoms with E-state index in [1.165, 1.54) is 53.4 Å². The minimum Gasteiger partial charge on any atom is -0.350 e. The van der Waals surface area contributed by atoms with Crippen molar-refractivity contribution in [3.63, 3.8) is 0 Å². The zero-order chi connectivity index (χ0) is 29.7. The Bertz CT molecular complexity index is 1440. The Labute approximate surface area is 241 Å². The summed E-state index contributed by atoms with van der Waals surface area (Å²) in [5.74, 6) is -1.38. The second-order valence-corrected chi connectivity index (χ2v) is 12.9. The molecule has 0 aromatic heterocycles. The van der Waals surface area contributed by atoms with Crippen LogP contribution in [0.4, 0.5) is 10.1 Å². The molecule has 0 aliphatic carbocycles. The fraction of sp³-hybridized carbons (Fsp3) is 0.333. The number of aryl methyl sites for hydroxylation is 1. The number of para-hydroxylation sites is 1. The fourth-order valence-electron chi connectivity index (χ4n) is 4.25. The average Bonchev–Trinajstić information content (AvgIpc) is 2.88. The quantitative estimate of drug-likeness (QED) is 0.329. The summed E-state index contributed by atoms with van der Waals surface area (Å²) in [5, 5.41) is 3.29. The van der Waals surface area contributed by atoms with Gasteiger partial charge in [-0.2, -0.15) is 0 Å². The fourth-order valence-corrected chi connectivity index (χ4v) is 5.85. The number of carbonyl (C=O) groups excluding carboxylic acids is 2. The molecule has 3 aromatic carbocycles. The molecular weight excluding hydrogens is 553 g/mol. The van der Waals surface area contributed by atoms with Crippen molar-refractivity contribution >= 4 is 39.1 Å². The predicted octanol–water partition coefficient (Wildman–Crippen LogP) is 5.70. The van der Waals surface area contributed by atoms with Crippen molar-refractivity contribution in [2.24, 2.45) is 0 Å². The highest BCUT2D eigenvalue weighted by atomic mass is 35.5. The van der Waals surface area contributed by atoms with Gasteiger partial charge in [0.1, 0.15) is 18.4 Å². The molecule has 0 fully saturated rings. The maximum Gasteiger partial charge on any atom is 0.264 e. The van der Waals surface area contributed by atoms with Gasteiger partial charge >= 0.3 is 0 Å². The lowest BCUT2D eigenvalue weighted by atomic mass is 10.1. The summed E-state index contributed by atoms with van der Waals surface area (Å²) in [6.07, 6.45) is 0.281. The van der Waals surface area contributed by atoms with E-state index >= 15 is 0 Å². The Hall–Kier alpha value is -3.43. The standard InChI is InChI=1S/C30H35ClFN3O4S/c1-6-26(29(37)33-30(3,4)5)34(19-22-11-15-24(32)16-12-22)28(36)20-35(27-10-8-7-9-21(27)2)40(38,39)25-17-13-23(31)14-18-25/h7-18,26H,6,19-20H2,1-5H3,(H,33,37). The first kappa shape index (κ1) is 31.1. The molecule has 0 saturated carbocycles. The smallest absolute Gasteiger partial charge is 0.264 e. The second kappa shape index (κ2) is 12.8. The molecule has 0 saturated heterocycles. The first-order chi connectivity index (χ1) is 18.7. The molecule has 0 aliphatic heterocycles. The van der Waals surface area contributed by atoms with Crippen LogP contribution in [-0.4, -0.2) is 43.3 Å². The van der Waals surface area contributed by atoms with Gasteiger partial charge in [-0.05, 0) is 87.7 Å². The van der Waals surface area contributed by atoms with E-state index in [1.807, 2.05) is 20.8 Å².